The molecule has 132 valence electrons. The third kappa shape index (κ3) is 3.12. The van der Waals surface area contributed by atoms with Crippen LogP contribution in [0, 0.1) is 13.8 Å². The minimum Gasteiger partial charge on any atom is -0.339 e. The van der Waals surface area contributed by atoms with Gasteiger partial charge < -0.3 is 9.42 Å². The number of aryl methyl sites for hydroxylation is 2. The lowest BCUT2D eigenvalue weighted by Crippen LogP contribution is -2.27. The van der Waals surface area contributed by atoms with Crippen molar-refractivity contribution in [2.45, 2.75) is 26.7 Å². The van der Waals surface area contributed by atoms with E-state index in [1.54, 1.807) is 0 Å². The van der Waals surface area contributed by atoms with E-state index < -0.39 is 0 Å². The molecular formula is C21H21N3O2. The number of benzene rings is 2. The van der Waals surface area contributed by atoms with Gasteiger partial charge in [-0.05, 0) is 50.5 Å². The molecule has 0 atom stereocenters. The van der Waals surface area contributed by atoms with Crippen molar-refractivity contribution < 1.29 is 9.32 Å². The maximum atomic E-state index is 12.6. The molecule has 5 nitrogen and oxygen atoms in total. The number of amides is 1. The summed E-state index contributed by atoms with van der Waals surface area (Å²) in [5.41, 5.74) is 4.67. The highest BCUT2D eigenvalue weighted by Crippen LogP contribution is 2.26. The number of hydrogen-bond acceptors (Lipinski definition) is 4. The molecule has 2 aromatic carbocycles. The van der Waals surface area contributed by atoms with E-state index in [0.29, 0.717) is 17.3 Å². The fraction of sp³-hybridized carbons (Fsp3) is 0.286. The summed E-state index contributed by atoms with van der Waals surface area (Å²) in [6.45, 7) is 5.75. The third-order valence-electron chi connectivity index (χ3n) is 4.80. The number of hydrogen-bond donors (Lipinski definition) is 0. The second-order valence-corrected chi connectivity index (χ2v) is 6.82. The second kappa shape index (κ2) is 6.75. The Balaban J connectivity index is 1.63. The zero-order valence-corrected chi connectivity index (χ0v) is 15.0. The van der Waals surface area contributed by atoms with Gasteiger partial charge in [0, 0.05) is 29.8 Å². The molecule has 1 aliphatic rings. The molecule has 1 amide bonds. The number of rotatable bonds is 3. The van der Waals surface area contributed by atoms with Crippen LogP contribution in [0.25, 0.3) is 22.8 Å². The van der Waals surface area contributed by atoms with Crippen LogP contribution in [0.4, 0.5) is 0 Å². The van der Waals surface area contributed by atoms with Gasteiger partial charge in [-0.2, -0.15) is 4.98 Å². The van der Waals surface area contributed by atoms with Crippen LogP contribution in [0.15, 0.2) is 47.0 Å². The van der Waals surface area contributed by atoms with Crippen LogP contribution >= 0.6 is 0 Å². The summed E-state index contributed by atoms with van der Waals surface area (Å²) in [7, 11) is 0. The van der Waals surface area contributed by atoms with Gasteiger partial charge in [0.1, 0.15) is 0 Å². The van der Waals surface area contributed by atoms with Crippen LogP contribution in [0.2, 0.25) is 0 Å². The van der Waals surface area contributed by atoms with Crippen LogP contribution in [0.5, 0.6) is 0 Å². The van der Waals surface area contributed by atoms with Gasteiger partial charge in [-0.25, -0.2) is 0 Å². The summed E-state index contributed by atoms with van der Waals surface area (Å²) in [6.07, 6.45) is 2.16. The monoisotopic (exact) mass is 347 g/mol. The molecule has 3 aromatic rings. The van der Waals surface area contributed by atoms with E-state index in [2.05, 4.69) is 23.1 Å². The first-order valence-electron chi connectivity index (χ1n) is 8.93. The van der Waals surface area contributed by atoms with E-state index in [-0.39, 0.29) is 5.91 Å². The van der Waals surface area contributed by atoms with Crippen molar-refractivity contribution >= 4 is 5.91 Å². The molecular weight excluding hydrogens is 326 g/mol. The molecule has 26 heavy (non-hydrogen) atoms. The van der Waals surface area contributed by atoms with Crippen LogP contribution < -0.4 is 0 Å². The summed E-state index contributed by atoms with van der Waals surface area (Å²) in [6, 6.07) is 13.6. The maximum Gasteiger partial charge on any atom is 0.258 e. The molecule has 2 heterocycles. The number of carbonyl (C=O) groups is 1. The summed E-state index contributed by atoms with van der Waals surface area (Å²) in [5.74, 6) is 1.06. The fourth-order valence-electron chi connectivity index (χ4n) is 3.40. The van der Waals surface area contributed by atoms with Gasteiger partial charge in [0.05, 0.1) is 0 Å². The Labute approximate surface area is 152 Å². The van der Waals surface area contributed by atoms with E-state index >= 15 is 0 Å². The molecule has 0 N–H and O–H groups in total. The summed E-state index contributed by atoms with van der Waals surface area (Å²) < 4.78 is 5.47. The molecule has 5 heteroatoms. The molecule has 1 aromatic heterocycles. The van der Waals surface area contributed by atoms with Gasteiger partial charge in [-0.1, -0.05) is 35.0 Å². The first kappa shape index (κ1) is 16.5. The number of aromatic nitrogens is 2. The molecule has 0 saturated carbocycles. The van der Waals surface area contributed by atoms with Crippen molar-refractivity contribution in [3.05, 3.63) is 59.2 Å². The summed E-state index contributed by atoms with van der Waals surface area (Å²) in [4.78, 5) is 19.0. The minimum atomic E-state index is 0.0717. The van der Waals surface area contributed by atoms with E-state index in [1.165, 1.54) is 5.56 Å². The highest BCUT2D eigenvalue weighted by molar-refractivity contribution is 5.95. The molecule has 0 unspecified atom stereocenters. The molecule has 1 aliphatic heterocycles. The zero-order chi connectivity index (χ0) is 18.1. The van der Waals surface area contributed by atoms with Crippen LogP contribution in [-0.2, 0) is 0 Å². The summed E-state index contributed by atoms with van der Waals surface area (Å²) >= 11 is 0. The van der Waals surface area contributed by atoms with E-state index in [0.717, 1.165) is 42.6 Å². The quantitative estimate of drug-likeness (QED) is 0.710. The Morgan fingerprint density at radius 1 is 1.08 bits per heavy atom. The Bertz CT molecular complexity index is 955. The van der Waals surface area contributed by atoms with Crippen LogP contribution in [-0.4, -0.2) is 34.0 Å². The average molecular weight is 347 g/mol. The normalized spacial score (nSPS) is 14.0. The Hall–Kier alpha value is -2.95. The highest BCUT2D eigenvalue weighted by atomic mass is 16.5. The molecule has 0 bridgehead atoms. The predicted molar refractivity (Wildman–Crippen MR) is 99.8 cm³/mol. The maximum absolute atomic E-state index is 12.6. The predicted octanol–water partition coefficient (Wildman–Crippen LogP) is 4.26. The van der Waals surface area contributed by atoms with E-state index in [9.17, 15) is 4.79 Å². The number of nitrogens with zero attached hydrogens (tertiary/aromatic N) is 3. The highest BCUT2D eigenvalue weighted by Gasteiger charge is 2.20. The molecule has 4 rings (SSSR count). The Kier molecular flexibility index (Phi) is 4.29. The summed E-state index contributed by atoms with van der Waals surface area (Å²) in [5, 5.41) is 4.11. The lowest BCUT2D eigenvalue weighted by Gasteiger charge is -2.15. The van der Waals surface area contributed by atoms with E-state index in [4.69, 9.17) is 4.52 Å². The van der Waals surface area contributed by atoms with Gasteiger partial charge in [-0.15, -0.1) is 0 Å². The van der Waals surface area contributed by atoms with Crippen molar-refractivity contribution in [1.82, 2.24) is 15.0 Å². The lowest BCUT2D eigenvalue weighted by atomic mass is 10.1. The minimum absolute atomic E-state index is 0.0717. The number of carbonyl (C=O) groups excluding carboxylic acids is 1. The first-order valence-corrected chi connectivity index (χ1v) is 8.93. The van der Waals surface area contributed by atoms with Crippen LogP contribution in [0.1, 0.15) is 34.3 Å². The lowest BCUT2D eigenvalue weighted by molar-refractivity contribution is 0.0793. The van der Waals surface area contributed by atoms with Gasteiger partial charge in [0.15, 0.2) is 0 Å². The molecule has 0 aliphatic carbocycles. The SMILES string of the molecule is Cc1ccc(-c2nc(-c3cccc(C(=O)N4CCCC4)c3)no2)c(C)c1. The van der Waals surface area contributed by atoms with Crippen molar-refractivity contribution in [1.29, 1.82) is 0 Å². The molecule has 0 spiro atoms. The largest absolute Gasteiger partial charge is 0.339 e. The van der Waals surface area contributed by atoms with Gasteiger partial charge in [0.25, 0.3) is 11.8 Å². The smallest absolute Gasteiger partial charge is 0.258 e. The molecule has 1 fully saturated rings. The number of likely N-dealkylation sites (tertiary alicyclic amines) is 1. The standard InChI is InChI=1S/C21H21N3O2/c1-14-8-9-18(15(2)12-14)20-22-19(23-26-20)16-6-5-7-17(13-16)21(25)24-10-3-4-11-24/h5-9,12-13H,3-4,10-11H2,1-2H3. The zero-order valence-electron chi connectivity index (χ0n) is 15.0. The average Bonchev–Trinajstić information content (AvgIpc) is 3.33. The van der Waals surface area contributed by atoms with Gasteiger partial charge in [0.2, 0.25) is 5.82 Å². The Morgan fingerprint density at radius 2 is 1.88 bits per heavy atom. The second-order valence-electron chi connectivity index (χ2n) is 6.82. The van der Waals surface area contributed by atoms with Gasteiger partial charge >= 0.3 is 0 Å². The van der Waals surface area contributed by atoms with Gasteiger partial charge in [-0.3, -0.25) is 4.79 Å². The topological polar surface area (TPSA) is 59.2 Å². The van der Waals surface area contributed by atoms with Crippen molar-refractivity contribution in [3.8, 4) is 22.8 Å². The Morgan fingerprint density at radius 3 is 2.65 bits per heavy atom. The van der Waals surface area contributed by atoms with Crippen molar-refractivity contribution in [3.63, 3.8) is 0 Å². The first-order chi connectivity index (χ1) is 12.6. The molecule has 0 radical (unpaired) electrons. The van der Waals surface area contributed by atoms with Crippen molar-refractivity contribution in [2.24, 2.45) is 0 Å². The van der Waals surface area contributed by atoms with E-state index in [1.807, 2.05) is 48.2 Å². The third-order valence-corrected chi connectivity index (χ3v) is 4.80. The molecule has 1 saturated heterocycles. The van der Waals surface area contributed by atoms with Crippen molar-refractivity contribution in [2.75, 3.05) is 13.1 Å². The fourth-order valence-corrected chi connectivity index (χ4v) is 3.40. The van der Waals surface area contributed by atoms with Crippen LogP contribution in [0.3, 0.4) is 0 Å².